The van der Waals surface area contributed by atoms with E-state index in [0.717, 1.165) is 10.0 Å². The molecule has 1 unspecified atom stereocenters. The van der Waals surface area contributed by atoms with Gasteiger partial charge in [-0.15, -0.1) is 0 Å². The van der Waals surface area contributed by atoms with Gasteiger partial charge in [-0.25, -0.2) is 4.79 Å². The van der Waals surface area contributed by atoms with Crippen LogP contribution in [0.3, 0.4) is 0 Å². The Hall–Kier alpha value is -0.630. The van der Waals surface area contributed by atoms with E-state index in [1.165, 1.54) is 6.08 Å². The van der Waals surface area contributed by atoms with Crippen molar-refractivity contribution in [2.75, 3.05) is 0 Å². The lowest BCUT2D eigenvalue weighted by Gasteiger charge is -2.05. The first-order chi connectivity index (χ1) is 6.15. The summed E-state index contributed by atoms with van der Waals surface area (Å²) in [6.45, 7) is 1.81. The second kappa shape index (κ2) is 4.56. The van der Waals surface area contributed by atoms with Gasteiger partial charge in [-0.3, -0.25) is 0 Å². The molecule has 0 aliphatic rings. The average Bonchev–Trinajstić information content (AvgIpc) is 2.10. The van der Waals surface area contributed by atoms with Crippen molar-refractivity contribution in [2.24, 2.45) is 4.99 Å². The van der Waals surface area contributed by atoms with E-state index < -0.39 is 0 Å². The van der Waals surface area contributed by atoms with Crippen molar-refractivity contribution in [3.8, 4) is 0 Å². The molecule has 0 amide bonds. The summed E-state index contributed by atoms with van der Waals surface area (Å²) in [6, 6.07) is 5.27. The number of aliphatic imine (C=N–C) groups is 1. The Morgan fingerprint density at radius 3 is 2.85 bits per heavy atom. The van der Waals surface area contributed by atoms with Crippen molar-refractivity contribution in [3.63, 3.8) is 0 Å². The molecule has 0 saturated heterocycles. The largest absolute Gasteiger partial charge is 0.235 e. The molecule has 13 heavy (non-hydrogen) atoms. The molecule has 0 aliphatic heterocycles. The van der Waals surface area contributed by atoms with Gasteiger partial charge in [0.1, 0.15) is 0 Å². The smallest absolute Gasteiger partial charge is 0.211 e. The number of nitrogens with zero attached hydrogens (tertiary/aromatic N) is 1. The van der Waals surface area contributed by atoms with Crippen molar-refractivity contribution in [3.05, 3.63) is 33.3 Å². The van der Waals surface area contributed by atoms with Gasteiger partial charge in [0.05, 0.1) is 11.1 Å². The highest BCUT2D eigenvalue weighted by atomic mass is 79.9. The van der Waals surface area contributed by atoms with Gasteiger partial charge in [0.2, 0.25) is 6.08 Å². The van der Waals surface area contributed by atoms with E-state index in [4.69, 9.17) is 11.6 Å². The Labute approximate surface area is 89.8 Å². The van der Waals surface area contributed by atoms with Crippen LogP contribution < -0.4 is 0 Å². The third-order valence-electron chi connectivity index (χ3n) is 1.67. The number of rotatable bonds is 2. The van der Waals surface area contributed by atoms with E-state index in [0.29, 0.717) is 5.02 Å². The quantitative estimate of drug-likeness (QED) is 0.591. The van der Waals surface area contributed by atoms with E-state index in [1.807, 2.05) is 19.1 Å². The van der Waals surface area contributed by atoms with Gasteiger partial charge in [0, 0.05) is 4.47 Å². The number of halogens is 2. The van der Waals surface area contributed by atoms with Gasteiger partial charge in [0.25, 0.3) is 0 Å². The zero-order valence-corrected chi connectivity index (χ0v) is 9.26. The van der Waals surface area contributed by atoms with Crippen molar-refractivity contribution in [1.29, 1.82) is 0 Å². The van der Waals surface area contributed by atoms with Gasteiger partial charge in [-0.05, 0) is 40.5 Å². The Morgan fingerprint density at radius 1 is 1.62 bits per heavy atom. The van der Waals surface area contributed by atoms with E-state index in [-0.39, 0.29) is 6.04 Å². The van der Waals surface area contributed by atoms with Crippen LogP contribution in [-0.2, 0) is 4.79 Å². The monoisotopic (exact) mass is 259 g/mol. The third kappa shape index (κ3) is 2.66. The minimum absolute atomic E-state index is 0.192. The standard InChI is InChI=1S/C9H7BrClNO/c1-6(12-5-13)7-2-3-8(10)9(11)4-7/h2-4,6H,1H3. The summed E-state index contributed by atoms with van der Waals surface area (Å²) in [5.41, 5.74) is 0.900. The Morgan fingerprint density at radius 2 is 2.31 bits per heavy atom. The molecule has 1 aromatic rings. The number of carbonyl (C=O) groups excluding carboxylic acids is 1. The summed E-state index contributed by atoms with van der Waals surface area (Å²) in [6.07, 6.45) is 1.52. The maximum atomic E-state index is 10.0. The normalized spacial score (nSPS) is 11.9. The summed E-state index contributed by atoms with van der Waals surface area (Å²) in [7, 11) is 0. The number of benzene rings is 1. The van der Waals surface area contributed by atoms with E-state index in [9.17, 15) is 4.79 Å². The fourth-order valence-electron chi connectivity index (χ4n) is 0.926. The SMILES string of the molecule is CC(N=C=O)c1ccc(Br)c(Cl)c1. The first-order valence-electron chi connectivity index (χ1n) is 3.67. The van der Waals surface area contributed by atoms with E-state index >= 15 is 0 Å². The zero-order valence-electron chi connectivity index (χ0n) is 6.92. The van der Waals surface area contributed by atoms with Gasteiger partial charge in [0.15, 0.2) is 0 Å². The fraction of sp³-hybridized carbons (Fsp3) is 0.222. The second-order valence-electron chi connectivity index (χ2n) is 2.57. The molecule has 0 bridgehead atoms. The van der Waals surface area contributed by atoms with Gasteiger partial charge in [-0.1, -0.05) is 17.7 Å². The molecule has 0 spiro atoms. The fourth-order valence-corrected chi connectivity index (χ4v) is 1.36. The third-order valence-corrected chi connectivity index (χ3v) is 2.90. The van der Waals surface area contributed by atoms with Crippen LogP contribution in [0.15, 0.2) is 27.7 Å². The Balaban J connectivity index is 3.03. The molecule has 1 atom stereocenters. The predicted molar refractivity (Wildman–Crippen MR) is 55.7 cm³/mol. The highest BCUT2D eigenvalue weighted by Crippen LogP contribution is 2.26. The van der Waals surface area contributed by atoms with Crippen LogP contribution in [0.25, 0.3) is 0 Å². The van der Waals surface area contributed by atoms with Crippen LogP contribution in [0, 0.1) is 0 Å². The van der Waals surface area contributed by atoms with Gasteiger partial charge < -0.3 is 0 Å². The molecule has 1 rings (SSSR count). The second-order valence-corrected chi connectivity index (χ2v) is 3.83. The minimum Gasteiger partial charge on any atom is -0.211 e. The van der Waals surface area contributed by atoms with Crippen LogP contribution in [0.5, 0.6) is 0 Å². The topological polar surface area (TPSA) is 29.4 Å². The van der Waals surface area contributed by atoms with Gasteiger partial charge >= 0.3 is 0 Å². The molecule has 68 valence electrons. The predicted octanol–water partition coefficient (Wildman–Crippen LogP) is 3.50. The lowest BCUT2D eigenvalue weighted by atomic mass is 10.1. The summed E-state index contributed by atoms with van der Waals surface area (Å²) < 4.78 is 0.834. The first kappa shape index (κ1) is 10.5. The molecule has 0 saturated carbocycles. The maximum Gasteiger partial charge on any atom is 0.235 e. The number of hydrogen-bond acceptors (Lipinski definition) is 2. The molecule has 0 N–H and O–H groups in total. The van der Waals surface area contributed by atoms with Gasteiger partial charge in [-0.2, -0.15) is 4.99 Å². The average molecular weight is 261 g/mol. The highest BCUT2D eigenvalue weighted by molar-refractivity contribution is 9.10. The van der Waals surface area contributed by atoms with Crippen molar-refractivity contribution >= 4 is 33.6 Å². The first-order valence-corrected chi connectivity index (χ1v) is 4.84. The lowest BCUT2D eigenvalue weighted by molar-refractivity contribution is 0.559. The molecule has 4 heteroatoms. The number of hydrogen-bond donors (Lipinski definition) is 0. The summed E-state index contributed by atoms with van der Waals surface area (Å²) in [4.78, 5) is 13.6. The number of isocyanates is 1. The van der Waals surface area contributed by atoms with Crippen molar-refractivity contribution in [1.82, 2.24) is 0 Å². The molecular weight excluding hydrogens is 253 g/mol. The van der Waals surface area contributed by atoms with Crippen LogP contribution in [0.2, 0.25) is 5.02 Å². The van der Waals surface area contributed by atoms with Crippen LogP contribution in [0.4, 0.5) is 0 Å². The highest BCUT2D eigenvalue weighted by Gasteiger charge is 2.05. The summed E-state index contributed by atoms with van der Waals surface area (Å²) in [5.74, 6) is 0. The molecule has 0 aliphatic carbocycles. The lowest BCUT2D eigenvalue weighted by Crippen LogP contribution is -1.88. The Bertz CT molecular complexity index is 361. The van der Waals surface area contributed by atoms with Crippen molar-refractivity contribution < 1.29 is 4.79 Å². The summed E-state index contributed by atoms with van der Waals surface area (Å²) >= 11 is 9.15. The van der Waals surface area contributed by atoms with Crippen LogP contribution in [0.1, 0.15) is 18.5 Å². The molecule has 0 fully saturated rings. The molecule has 0 aromatic heterocycles. The van der Waals surface area contributed by atoms with E-state index in [2.05, 4.69) is 20.9 Å². The molecular formula is C9H7BrClNO. The molecule has 0 heterocycles. The minimum atomic E-state index is -0.192. The molecule has 2 nitrogen and oxygen atoms in total. The Kier molecular flexibility index (Phi) is 3.67. The summed E-state index contributed by atoms with van der Waals surface area (Å²) in [5, 5.41) is 0.616. The molecule has 1 aromatic carbocycles. The molecule has 0 radical (unpaired) electrons. The maximum absolute atomic E-state index is 10.0. The van der Waals surface area contributed by atoms with E-state index in [1.54, 1.807) is 6.07 Å². The van der Waals surface area contributed by atoms with Crippen LogP contribution in [-0.4, -0.2) is 6.08 Å². The zero-order chi connectivity index (χ0) is 9.84. The van der Waals surface area contributed by atoms with Crippen LogP contribution >= 0.6 is 27.5 Å². The van der Waals surface area contributed by atoms with Crippen molar-refractivity contribution in [2.45, 2.75) is 13.0 Å².